The molecule has 1 amide bonds. The minimum absolute atomic E-state index is 0.197. The van der Waals surface area contributed by atoms with Crippen LogP contribution in [0.25, 0.3) is 0 Å². The van der Waals surface area contributed by atoms with Crippen LogP contribution in [0.1, 0.15) is 30.1 Å². The molecular formula is C12H16N2O3. The molecule has 0 radical (unpaired) electrons. The summed E-state index contributed by atoms with van der Waals surface area (Å²) in [6, 6.07) is 2.85. The highest BCUT2D eigenvalue weighted by Crippen LogP contribution is 2.26. The van der Waals surface area contributed by atoms with E-state index in [1.165, 1.54) is 12.3 Å². The van der Waals surface area contributed by atoms with E-state index in [4.69, 9.17) is 0 Å². The number of pyridine rings is 1. The largest absolute Gasteiger partial charge is 0.386 e. The fourth-order valence-corrected chi connectivity index (χ4v) is 2.19. The van der Waals surface area contributed by atoms with Crippen molar-refractivity contribution in [3.05, 3.63) is 34.2 Å². The van der Waals surface area contributed by atoms with E-state index in [-0.39, 0.29) is 11.5 Å². The number of aliphatic hydroxyl groups is 1. The molecule has 0 unspecified atom stereocenters. The number of aromatic nitrogens is 1. The monoisotopic (exact) mass is 236 g/mol. The summed E-state index contributed by atoms with van der Waals surface area (Å²) >= 11 is 0. The molecule has 0 atom stereocenters. The lowest BCUT2D eigenvalue weighted by Gasteiger charge is -2.46. The minimum Gasteiger partial charge on any atom is -0.386 e. The first-order valence-corrected chi connectivity index (χ1v) is 5.74. The lowest BCUT2D eigenvalue weighted by atomic mass is 9.89. The van der Waals surface area contributed by atoms with Crippen LogP contribution in [0.3, 0.4) is 0 Å². The molecule has 1 aromatic heterocycles. The zero-order valence-corrected chi connectivity index (χ0v) is 9.77. The highest BCUT2D eigenvalue weighted by atomic mass is 16.3. The maximum Gasteiger partial charge on any atom is 0.254 e. The van der Waals surface area contributed by atoms with Gasteiger partial charge in [-0.2, -0.15) is 0 Å². The zero-order chi connectivity index (χ0) is 12.5. The van der Waals surface area contributed by atoms with Crippen LogP contribution in [0.2, 0.25) is 0 Å². The Bertz CT molecular complexity index is 475. The number of aromatic amines is 1. The topological polar surface area (TPSA) is 73.4 Å². The van der Waals surface area contributed by atoms with Gasteiger partial charge in [0.25, 0.3) is 5.91 Å². The number of nitrogens with zero attached hydrogens (tertiary/aromatic N) is 1. The molecule has 2 heterocycles. The van der Waals surface area contributed by atoms with Gasteiger partial charge in [0.2, 0.25) is 5.56 Å². The summed E-state index contributed by atoms with van der Waals surface area (Å²) in [6.07, 6.45) is 3.04. The first-order chi connectivity index (χ1) is 8.04. The molecule has 1 aliphatic heterocycles. The second kappa shape index (κ2) is 4.33. The summed E-state index contributed by atoms with van der Waals surface area (Å²) < 4.78 is 0. The van der Waals surface area contributed by atoms with Crippen LogP contribution in [0.4, 0.5) is 0 Å². The van der Waals surface area contributed by atoms with E-state index in [9.17, 15) is 14.7 Å². The van der Waals surface area contributed by atoms with Crippen LogP contribution in [0.5, 0.6) is 0 Å². The SMILES string of the molecule is CCCC1(O)CN(C(=O)c2cc[nH]c(=O)c2)C1. The molecule has 1 saturated heterocycles. The number of amides is 1. The van der Waals surface area contributed by atoms with Crippen molar-refractivity contribution in [3.8, 4) is 0 Å². The molecule has 0 spiro atoms. The van der Waals surface area contributed by atoms with Crippen LogP contribution in [0, 0.1) is 0 Å². The molecule has 92 valence electrons. The Balaban J connectivity index is 2.02. The number of carbonyl (C=O) groups excluding carboxylic acids is 1. The summed E-state index contributed by atoms with van der Waals surface area (Å²) in [5.74, 6) is -0.197. The molecular weight excluding hydrogens is 220 g/mol. The molecule has 2 rings (SSSR count). The molecule has 0 aliphatic carbocycles. The molecule has 17 heavy (non-hydrogen) atoms. The van der Waals surface area contributed by atoms with Crippen LogP contribution in [0.15, 0.2) is 23.1 Å². The van der Waals surface area contributed by atoms with Crippen molar-refractivity contribution in [2.75, 3.05) is 13.1 Å². The van der Waals surface area contributed by atoms with E-state index in [0.717, 1.165) is 6.42 Å². The van der Waals surface area contributed by atoms with Crippen molar-refractivity contribution >= 4 is 5.91 Å². The maximum atomic E-state index is 11.9. The van der Waals surface area contributed by atoms with Gasteiger partial charge in [-0.25, -0.2) is 0 Å². The zero-order valence-electron chi connectivity index (χ0n) is 9.77. The fraction of sp³-hybridized carbons (Fsp3) is 0.500. The number of H-pyrrole nitrogens is 1. The Morgan fingerprint density at radius 1 is 1.59 bits per heavy atom. The third kappa shape index (κ3) is 2.39. The number of β-amino-alcohol motifs (C(OH)–C–C–N with tert-alkyl or cyclic N) is 1. The average molecular weight is 236 g/mol. The quantitative estimate of drug-likeness (QED) is 0.796. The number of rotatable bonds is 3. The van der Waals surface area contributed by atoms with Crippen molar-refractivity contribution in [3.63, 3.8) is 0 Å². The Labute approximate surface area is 99.1 Å². The second-order valence-electron chi connectivity index (χ2n) is 4.58. The van der Waals surface area contributed by atoms with Gasteiger partial charge in [0.1, 0.15) is 0 Å². The van der Waals surface area contributed by atoms with Gasteiger partial charge in [-0.15, -0.1) is 0 Å². The van der Waals surface area contributed by atoms with Crippen LogP contribution >= 0.6 is 0 Å². The van der Waals surface area contributed by atoms with Gasteiger partial charge >= 0.3 is 0 Å². The smallest absolute Gasteiger partial charge is 0.254 e. The Hall–Kier alpha value is -1.62. The number of carbonyl (C=O) groups is 1. The summed E-state index contributed by atoms with van der Waals surface area (Å²) in [4.78, 5) is 27.0. The predicted molar refractivity (Wildman–Crippen MR) is 62.8 cm³/mol. The van der Waals surface area contributed by atoms with Crippen LogP contribution in [-0.4, -0.2) is 39.6 Å². The molecule has 5 nitrogen and oxygen atoms in total. The third-order valence-electron chi connectivity index (χ3n) is 2.99. The summed E-state index contributed by atoms with van der Waals surface area (Å²) in [6.45, 7) is 2.71. The van der Waals surface area contributed by atoms with Crippen molar-refractivity contribution in [1.29, 1.82) is 0 Å². The van der Waals surface area contributed by atoms with Crippen molar-refractivity contribution in [2.24, 2.45) is 0 Å². The molecule has 2 N–H and O–H groups in total. The molecule has 1 fully saturated rings. The normalized spacial score (nSPS) is 17.6. The van der Waals surface area contributed by atoms with E-state index in [2.05, 4.69) is 4.98 Å². The maximum absolute atomic E-state index is 11.9. The second-order valence-corrected chi connectivity index (χ2v) is 4.58. The standard InChI is InChI=1S/C12H16N2O3/c1-2-4-12(17)7-14(8-12)11(16)9-3-5-13-10(15)6-9/h3,5-6,17H,2,4,7-8H2,1H3,(H,13,15). The highest BCUT2D eigenvalue weighted by molar-refractivity contribution is 5.94. The Morgan fingerprint density at radius 3 is 2.88 bits per heavy atom. The van der Waals surface area contributed by atoms with E-state index in [1.807, 2.05) is 6.92 Å². The molecule has 5 heteroatoms. The molecule has 0 aromatic carbocycles. The Kier molecular flexibility index (Phi) is 3.02. The summed E-state index contributed by atoms with van der Waals surface area (Å²) in [5.41, 5.74) is -0.654. The lowest BCUT2D eigenvalue weighted by Crippen LogP contribution is -2.63. The molecule has 1 aliphatic rings. The number of likely N-dealkylation sites (tertiary alicyclic amines) is 1. The van der Waals surface area contributed by atoms with Gasteiger partial charge in [-0.05, 0) is 12.5 Å². The van der Waals surface area contributed by atoms with Crippen LogP contribution < -0.4 is 5.56 Å². The Morgan fingerprint density at radius 2 is 2.29 bits per heavy atom. The van der Waals surface area contributed by atoms with E-state index >= 15 is 0 Å². The van der Waals surface area contributed by atoms with Gasteiger partial charge in [0.15, 0.2) is 0 Å². The average Bonchev–Trinajstić information content (AvgIpc) is 2.25. The van der Waals surface area contributed by atoms with Gasteiger partial charge in [-0.3, -0.25) is 9.59 Å². The third-order valence-corrected chi connectivity index (χ3v) is 2.99. The lowest BCUT2D eigenvalue weighted by molar-refractivity contribution is -0.0860. The van der Waals surface area contributed by atoms with Gasteiger partial charge < -0.3 is 15.0 Å². The number of hydrogen-bond donors (Lipinski definition) is 2. The van der Waals surface area contributed by atoms with E-state index in [1.54, 1.807) is 11.0 Å². The molecule has 0 bridgehead atoms. The van der Waals surface area contributed by atoms with Gasteiger partial charge in [0.05, 0.1) is 18.7 Å². The number of hydrogen-bond acceptors (Lipinski definition) is 3. The predicted octanol–water partition coefficient (Wildman–Crippen LogP) is 0.362. The molecule has 0 saturated carbocycles. The highest BCUT2D eigenvalue weighted by Gasteiger charge is 2.42. The summed E-state index contributed by atoms with van der Waals surface area (Å²) in [7, 11) is 0. The van der Waals surface area contributed by atoms with Crippen LogP contribution in [-0.2, 0) is 0 Å². The first kappa shape index (κ1) is 11.9. The van der Waals surface area contributed by atoms with Crippen molar-refractivity contribution in [2.45, 2.75) is 25.4 Å². The van der Waals surface area contributed by atoms with Gasteiger partial charge in [0, 0.05) is 17.8 Å². The number of nitrogens with one attached hydrogen (secondary N) is 1. The van der Waals surface area contributed by atoms with Crippen molar-refractivity contribution in [1.82, 2.24) is 9.88 Å². The fourth-order valence-electron chi connectivity index (χ4n) is 2.19. The minimum atomic E-state index is -0.731. The van der Waals surface area contributed by atoms with E-state index < -0.39 is 5.60 Å². The van der Waals surface area contributed by atoms with Crippen molar-refractivity contribution < 1.29 is 9.90 Å². The van der Waals surface area contributed by atoms with Gasteiger partial charge in [-0.1, -0.05) is 13.3 Å². The first-order valence-electron chi connectivity index (χ1n) is 5.74. The molecule has 1 aromatic rings. The summed E-state index contributed by atoms with van der Waals surface area (Å²) in [5, 5.41) is 9.97. The van der Waals surface area contributed by atoms with E-state index in [0.29, 0.717) is 25.1 Å².